The molecule has 1 aromatic carbocycles. The molecule has 3 rings (SSSR count). The molecule has 1 fully saturated rings. The van der Waals surface area contributed by atoms with E-state index in [0.717, 1.165) is 36.6 Å². The second-order valence-corrected chi connectivity index (χ2v) is 6.64. The molecule has 2 amide bonds. The van der Waals surface area contributed by atoms with Gasteiger partial charge in [0.25, 0.3) is 0 Å². The van der Waals surface area contributed by atoms with E-state index in [9.17, 15) is 4.79 Å². The Balaban J connectivity index is 1.52. The van der Waals surface area contributed by atoms with Crippen molar-refractivity contribution in [3.63, 3.8) is 0 Å². The van der Waals surface area contributed by atoms with Crippen LogP contribution in [0.1, 0.15) is 24.0 Å². The van der Waals surface area contributed by atoms with Crippen molar-refractivity contribution in [3.05, 3.63) is 40.9 Å². The summed E-state index contributed by atoms with van der Waals surface area (Å²) >= 11 is 1.64. The molecule has 2 N–H and O–H groups in total. The fourth-order valence-electron chi connectivity index (χ4n) is 2.82. The summed E-state index contributed by atoms with van der Waals surface area (Å²) in [5.41, 5.74) is 2.03. The van der Waals surface area contributed by atoms with Gasteiger partial charge < -0.3 is 15.5 Å². The number of urea groups is 1. The van der Waals surface area contributed by atoms with E-state index in [4.69, 9.17) is 5.26 Å². The predicted octanol–water partition coefficient (Wildman–Crippen LogP) is 3.11. The van der Waals surface area contributed by atoms with E-state index in [-0.39, 0.29) is 12.1 Å². The van der Waals surface area contributed by atoms with Crippen molar-refractivity contribution < 1.29 is 4.79 Å². The Morgan fingerprint density at radius 2 is 2.21 bits per heavy atom. The molecular formula is C17H19N5OS. The lowest BCUT2D eigenvalue weighted by molar-refractivity contribution is 0.246. The third-order valence-corrected chi connectivity index (χ3v) is 5.05. The van der Waals surface area contributed by atoms with Gasteiger partial charge in [0.1, 0.15) is 0 Å². The van der Waals surface area contributed by atoms with Crippen LogP contribution in [0.4, 0.5) is 15.6 Å². The molecule has 124 valence electrons. The number of hydrogen-bond donors (Lipinski definition) is 2. The minimum atomic E-state index is -0.221. The van der Waals surface area contributed by atoms with Gasteiger partial charge in [-0.05, 0) is 37.5 Å². The van der Waals surface area contributed by atoms with E-state index in [1.807, 2.05) is 18.5 Å². The van der Waals surface area contributed by atoms with Crippen LogP contribution in [0.3, 0.4) is 0 Å². The van der Waals surface area contributed by atoms with Gasteiger partial charge in [0, 0.05) is 36.4 Å². The Hall–Kier alpha value is -2.59. The number of nitriles is 1. The van der Waals surface area contributed by atoms with Crippen molar-refractivity contribution in [3.8, 4) is 6.07 Å². The third-order valence-electron chi connectivity index (χ3n) is 4.22. The van der Waals surface area contributed by atoms with Crippen LogP contribution in [-0.4, -0.2) is 30.1 Å². The highest BCUT2D eigenvalue weighted by Gasteiger charge is 2.22. The Bertz CT molecular complexity index is 745. The minimum Gasteiger partial charge on any atom is -0.348 e. The fourth-order valence-corrected chi connectivity index (χ4v) is 3.52. The molecule has 0 aliphatic carbocycles. The number of anilines is 2. The lowest BCUT2D eigenvalue weighted by atomic mass is 10.1. The molecule has 0 unspecified atom stereocenters. The smallest absolute Gasteiger partial charge is 0.319 e. The number of nitrogens with zero attached hydrogens (tertiary/aromatic N) is 3. The Labute approximate surface area is 145 Å². The average Bonchev–Trinajstić information content (AvgIpc) is 3.12. The summed E-state index contributed by atoms with van der Waals surface area (Å²) in [5, 5.41) is 17.9. The van der Waals surface area contributed by atoms with E-state index in [0.29, 0.717) is 11.3 Å². The second kappa shape index (κ2) is 7.32. The van der Waals surface area contributed by atoms with E-state index in [2.05, 4.69) is 26.6 Å². The average molecular weight is 341 g/mol. The summed E-state index contributed by atoms with van der Waals surface area (Å²) in [6.07, 6.45) is 3.60. The van der Waals surface area contributed by atoms with Crippen LogP contribution in [0.2, 0.25) is 0 Å². The number of rotatable bonds is 3. The van der Waals surface area contributed by atoms with Gasteiger partial charge in [0.15, 0.2) is 5.13 Å². The summed E-state index contributed by atoms with van der Waals surface area (Å²) < 4.78 is 0. The summed E-state index contributed by atoms with van der Waals surface area (Å²) in [5.74, 6) is 0. The van der Waals surface area contributed by atoms with Crippen LogP contribution in [0.15, 0.2) is 29.8 Å². The van der Waals surface area contributed by atoms with Crippen molar-refractivity contribution in [2.24, 2.45) is 0 Å². The molecule has 1 aliphatic heterocycles. The van der Waals surface area contributed by atoms with Crippen molar-refractivity contribution in [1.29, 1.82) is 5.26 Å². The molecule has 1 aliphatic rings. The first kappa shape index (κ1) is 16.3. The maximum Gasteiger partial charge on any atom is 0.319 e. The molecule has 6 nitrogen and oxygen atoms in total. The molecule has 1 saturated heterocycles. The maximum atomic E-state index is 12.2. The normalized spacial score (nSPS) is 14.9. The highest BCUT2D eigenvalue weighted by molar-refractivity contribution is 7.13. The number of carbonyl (C=O) groups excluding carboxylic acids is 1. The van der Waals surface area contributed by atoms with Gasteiger partial charge in [0.05, 0.1) is 11.6 Å². The standard InChI is InChI=1S/C17H19N5OS/c1-12-13(11-18)3-2-4-15(12)21-16(23)20-14-5-8-22(9-6-14)17-19-7-10-24-17/h2-4,7,10,14H,5-6,8-9H2,1H3,(H2,20,21,23). The molecule has 24 heavy (non-hydrogen) atoms. The topological polar surface area (TPSA) is 81.0 Å². The van der Waals surface area contributed by atoms with Gasteiger partial charge >= 0.3 is 6.03 Å². The molecule has 1 aromatic heterocycles. The van der Waals surface area contributed by atoms with Crippen LogP contribution in [0, 0.1) is 18.3 Å². The number of thiazole rings is 1. The summed E-state index contributed by atoms with van der Waals surface area (Å²) in [6.45, 7) is 3.61. The molecule has 7 heteroatoms. The van der Waals surface area contributed by atoms with Gasteiger partial charge in [-0.2, -0.15) is 5.26 Å². The Morgan fingerprint density at radius 3 is 2.88 bits per heavy atom. The van der Waals surface area contributed by atoms with Crippen molar-refractivity contribution >= 4 is 28.2 Å². The summed E-state index contributed by atoms with van der Waals surface area (Å²) in [6, 6.07) is 7.38. The SMILES string of the molecule is Cc1c(C#N)cccc1NC(=O)NC1CCN(c2nccs2)CC1. The first-order valence-electron chi connectivity index (χ1n) is 7.89. The van der Waals surface area contributed by atoms with Gasteiger partial charge in [0.2, 0.25) is 0 Å². The number of piperidine rings is 1. The minimum absolute atomic E-state index is 0.153. The first-order chi connectivity index (χ1) is 11.7. The third kappa shape index (κ3) is 3.66. The zero-order valence-electron chi connectivity index (χ0n) is 13.5. The quantitative estimate of drug-likeness (QED) is 0.899. The first-order valence-corrected chi connectivity index (χ1v) is 8.77. The molecule has 0 saturated carbocycles. The number of aromatic nitrogens is 1. The van der Waals surface area contributed by atoms with Crippen molar-refractivity contribution in [1.82, 2.24) is 10.3 Å². The van der Waals surface area contributed by atoms with E-state index in [1.165, 1.54) is 0 Å². The number of carbonyl (C=O) groups is 1. The van der Waals surface area contributed by atoms with Crippen LogP contribution in [-0.2, 0) is 0 Å². The predicted molar refractivity (Wildman–Crippen MR) is 95.4 cm³/mol. The molecule has 2 heterocycles. The lowest BCUT2D eigenvalue weighted by Crippen LogP contribution is -2.46. The van der Waals surface area contributed by atoms with Crippen LogP contribution in [0.25, 0.3) is 0 Å². The number of hydrogen-bond acceptors (Lipinski definition) is 5. The summed E-state index contributed by atoms with van der Waals surface area (Å²) in [4.78, 5) is 18.8. The molecule has 0 spiro atoms. The van der Waals surface area contributed by atoms with Crippen molar-refractivity contribution in [2.75, 3.05) is 23.3 Å². The number of benzene rings is 1. The molecule has 0 atom stereocenters. The highest BCUT2D eigenvalue weighted by Crippen LogP contribution is 2.22. The van der Waals surface area contributed by atoms with Crippen molar-refractivity contribution in [2.45, 2.75) is 25.8 Å². The van der Waals surface area contributed by atoms with Gasteiger partial charge in [-0.25, -0.2) is 9.78 Å². The number of amides is 2. The van der Waals surface area contributed by atoms with E-state index < -0.39 is 0 Å². The monoisotopic (exact) mass is 341 g/mol. The highest BCUT2D eigenvalue weighted by atomic mass is 32.1. The molecular weight excluding hydrogens is 322 g/mol. The largest absolute Gasteiger partial charge is 0.348 e. The van der Waals surface area contributed by atoms with Crippen LogP contribution in [0.5, 0.6) is 0 Å². The zero-order chi connectivity index (χ0) is 16.9. The van der Waals surface area contributed by atoms with Gasteiger partial charge in [-0.1, -0.05) is 6.07 Å². The molecule has 0 radical (unpaired) electrons. The summed E-state index contributed by atoms with van der Waals surface area (Å²) in [7, 11) is 0. The Kier molecular flexibility index (Phi) is 4.96. The van der Waals surface area contributed by atoms with Gasteiger partial charge in [-0.15, -0.1) is 11.3 Å². The van der Waals surface area contributed by atoms with E-state index >= 15 is 0 Å². The second-order valence-electron chi connectivity index (χ2n) is 5.76. The van der Waals surface area contributed by atoms with E-state index in [1.54, 1.807) is 29.5 Å². The van der Waals surface area contributed by atoms with Crippen LogP contribution < -0.4 is 15.5 Å². The maximum absolute atomic E-state index is 12.2. The van der Waals surface area contributed by atoms with Gasteiger partial charge in [-0.3, -0.25) is 0 Å². The Morgan fingerprint density at radius 1 is 1.42 bits per heavy atom. The zero-order valence-corrected chi connectivity index (χ0v) is 14.3. The molecule has 0 bridgehead atoms. The van der Waals surface area contributed by atoms with Crippen LogP contribution >= 0.6 is 11.3 Å². The lowest BCUT2D eigenvalue weighted by Gasteiger charge is -2.32. The fraction of sp³-hybridized carbons (Fsp3) is 0.353. The molecule has 2 aromatic rings. The number of nitrogens with one attached hydrogen (secondary N) is 2.